The van der Waals surface area contributed by atoms with Crippen molar-refractivity contribution in [1.82, 2.24) is 0 Å². The van der Waals surface area contributed by atoms with Crippen LogP contribution in [0.2, 0.25) is 0 Å². The van der Waals surface area contributed by atoms with Gasteiger partial charge in [-0.05, 0) is 19.3 Å². The average molecular weight is 863 g/mol. The number of carbonyl (C=O) groups is 3. The maximum Gasteiger partial charge on any atom is 0.306 e. The summed E-state index contributed by atoms with van der Waals surface area (Å²) < 4.78 is 16.6. The monoisotopic (exact) mass is 863 g/mol. The predicted octanol–water partition coefficient (Wildman–Crippen LogP) is 18.0. The van der Waals surface area contributed by atoms with E-state index in [0.717, 1.165) is 57.8 Å². The molecule has 0 saturated carbocycles. The second-order valence-corrected chi connectivity index (χ2v) is 18.9. The number of esters is 3. The maximum atomic E-state index is 12.6. The summed E-state index contributed by atoms with van der Waals surface area (Å²) in [5, 5.41) is 0. The minimum absolute atomic E-state index is 0.0636. The molecular formula is C55H106O6. The minimum atomic E-state index is -0.757. The van der Waals surface area contributed by atoms with Crippen molar-refractivity contribution >= 4 is 17.9 Å². The zero-order chi connectivity index (χ0) is 44.4. The molecule has 0 aromatic heterocycles. The van der Waals surface area contributed by atoms with Crippen molar-refractivity contribution in [3.05, 3.63) is 0 Å². The first-order valence-electron chi connectivity index (χ1n) is 27.5. The summed E-state index contributed by atoms with van der Waals surface area (Å²) in [6.45, 7) is 6.59. The molecule has 6 heteroatoms. The van der Waals surface area contributed by atoms with Gasteiger partial charge in [0.15, 0.2) is 6.10 Å². The van der Waals surface area contributed by atoms with Crippen molar-refractivity contribution in [2.75, 3.05) is 13.2 Å². The fraction of sp³-hybridized carbons (Fsp3) is 0.945. The molecule has 362 valence electrons. The van der Waals surface area contributed by atoms with Crippen LogP contribution in [0.15, 0.2) is 0 Å². The largest absolute Gasteiger partial charge is 0.462 e. The molecule has 0 radical (unpaired) electrons. The van der Waals surface area contributed by atoms with E-state index in [4.69, 9.17) is 14.2 Å². The van der Waals surface area contributed by atoms with Crippen LogP contribution in [0, 0.1) is 0 Å². The van der Waals surface area contributed by atoms with Crippen LogP contribution in [0.1, 0.15) is 316 Å². The van der Waals surface area contributed by atoms with E-state index < -0.39 is 6.10 Å². The first kappa shape index (κ1) is 59.4. The van der Waals surface area contributed by atoms with Crippen molar-refractivity contribution in [1.29, 1.82) is 0 Å². The fourth-order valence-corrected chi connectivity index (χ4v) is 8.45. The molecule has 61 heavy (non-hydrogen) atoms. The third-order valence-corrected chi connectivity index (χ3v) is 12.6. The number of rotatable bonds is 51. The maximum absolute atomic E-state index is 12.6. The van der Waals surface area contributed by atoms with E-state index in [1.165, 1.54) is 218 Å². The van der Waals surface area contributed by atoms with E-state index in [2.05, 4.69) is 20.8 Å². The fourth-order valence-electron chi connectivity index (χ4n) is 8.45. The second-order valence-electron chi connectivity index (χ2n) is 18.9. The molecule has 1 unspecified atom stereocenters. The Labute approximate surface area is 380 Å². The number of hydrogen-bond donors (Lipinski definition) is 0. The Balaban J connectivity index is 3.83. The van der Waals surface area contributed by atoms with E-state index in [1.54, 1.807) is 0 Å². The molecule has 0 amide bonds. The lowest BCUT2D eigenvalue weighted by Crippen LogP contribution is -2.30. The molecule has 0 bridgehead atoms. The van der Waals surface area contributed by atoms with Crippen LogP contribution in [0.5, 0.6) is 0 Å². The van der Waals surface area contributed by atoms with Crippen molar-refractivity contribution in [2.45, 2.75) is 322 Å². The van der Waals surface area contributed by atoms with Gasteiger partial charge in [-0.15, -0.1) is 0 Å². The van der Waals surface area contributed by atoms with E-state index >= 15 is 0 Å². The Kier molecular flexibility index (Phi) is 49.7. The molecule has 0 rings (SSSR count). The molecule has 0 saturated heterocycles. The zero-order valence-corrected chi connectivity index (χ0v) is 41.5. The molecule has 0 aliphatic rings. The molecule has 6 nitrogen and oxygen atoms in total. The quantitative estimate of drug-likeness (QED) is 0.0344. The smallest absolute Gasteiger partial charge is 0.306 e. The highest BCUT2D eigenvalue weighted by molar-refractivity contribution is 5.71. The summed E-state index contributed by atoms with van der Waals surface area (Å²) >= 11 is 0. The molecule has 0 aromatic carbocycles. The standard InChI is InChI=1S/C55H106O6/c1-4-7-10-13-16-18-19-20-21-22-23-24-25-26-27-28-29-30-31-32-33-34-35-36-37-38-40-42-45-48-54(57)60-51-52(50-59-53(56)47-44-41-15-12-9-6-3)61-55(58)49-46-43-39-17-14-11-8-5-2/h52H,4-51H2,1-3H3. The highest BCUT2D eigenvalue weighted by atomic mass is 16.6. The van der Waals surface area contributed by atoms with Crippen LogP contribution in [0.25, 0.3) is 0 Å². The highest BCUT2D eigenvalue weighted by Gasteiger charge is 2.19. The van der Waals surface area contributed by atoms with Gasteiger partial charge in [-0.3, -0.25) is 14.4 Å². The van der Waals surface area contributed by atoms with Crippen molar-refractivity contribution < 1.29 is 28.6 Å². The van der Waals surface area contributed by atoms with Crippen LogP contribution in [-0.4, -0.2) is 37.2 Å². The molecule has 0 aliphatic heterocycles. The Bertz CT molecular complexity index is 905. The van der Waals surface area contributed by atoms with Crippen LogP contribution in [-0.2, 0) is 28.6 Å². The molecule has 0 spiro atoms. The van der Waals surface area contributed by atoms with Crippen LogP contribution < -0.4 is 0 Å². The first-order valence-corrected chi connectivity index (χ1v) is 27.5. The van der Waals surface area contributed by atoms with Crippen molar-refractivity contribution in [3.8, 4) is 0 Å². The Hall–Kier alpha value is -1.59. The van der Waals surface area contributed by atoms with Crippen LogP contribution >= 0.6 is 0 Å². The number of hydrogen-bond acceptors (Lipinski definition) is 6. The van der Waals surface area contributed by atoms with E-state index in [1.807, 2.05) is 0 Å². The van der Waals surface area contributed by atoms with Gasteiger partial charge in [-0.2, -0.15) is 0 Å². The molecular weight excluding hydrogens is 757 g/mol. The minimum Gasteiger partial charge on any atom is -0.462 e. The van der Waals surface area contributed by atoms with Gasteiger partial charge >= 0.3 is 17.9 Å². The molecule has 0 fully saturated rings. The van der Waals surface area contributed by atoms with Gasteiger partial charge in [-0.25, -0.2) is 0 Å². The van der Waals surface area contributed by atoms with Gasteiger partial charge in [0.25, 0.3) is 0 Å². The van der Waals surface area contributed by atoms with E-state index in [-0.39, 0.29) is 31.1 Å². The van der Waals surface area contributed by atoms with Crippen molar-refractivity contribution in [2.24, 2.45) is 0 Å². The normalized spacial score (nSPS) is 11.9. The zero-order valence-electron chi connectivity index (χ0n) is 41.5. The summed E-state index contributed by atoms with van der Waals surface area (Å²) in [5.41, 5.74) is 0. The number of ether oxygens (including phenoxy) is 3. The Morgan fingerprint density at radius 1 is 0.262 bits per heavy atom. The summed E-state index contributed by atoms with van der Waals surface area (Å²) in [4.78, 5) is 37.5. The third-order valence-electron chi connectivity index (χ3n) is 12.6. The topological polar surface area (TPSA) is 78.9 Å². The lowest BCUT2D eigenvalue weighted by Gasteiger charge is -2.18. The van der Waals surface area contributed by atoms with E-state index in [9.17, 15) is 14.4 Å². The number of carbonyl (C=O) groups excluding carboxylic acids is 3. The average Bonchev–Trinajstić information content (AvgIpc) is 3.26. The Morgan fingerprint density at radius 3 is 0.656 bits per heavy atom. The van der Waals surface area contributed by atoms with Gasteiger partial charge in [0, 0.05) is 19.3 Å². The van der Waals surface area contributed by atoms with Gasteiger partial charge in [0.2, 0.25) is 0 Å². The lowest BCUT2D eigenvalue weighted by atomic mass is 10.0. The molecule has 0 heterocycles. The van der Waals surface area contributed by atoms with Gasteiger partial charge in [0.1, 0.15) is 13.2 Å². The first-order chi connectivity index (χ1) is 30.0. The molecule has 0 aromatic rings. The summed E-state index contributed by atoms with van der Waals surface area (Å²) in [6, 6.07) is 0. The lowest BCUT2D eigenvalue weighted by molar-refractivity contribution is -0.167. The summed E-state index contributed by atoms with van der Waals surface area (Å²) in [7, 11) is 0. The summed E-state index contributed by atoms with van der Waals surface area (Å²) in [5.74, 6) is -0.862. The van der Waals surface area contributed by atoms with Gasteiger partial charge < -0.3 is 14.2 Å². The molecule has 0 N–H and O–H groups in total. The SMILES string of the molecule is CCCCCCCCCCCCCCCCCCCCCCCCCCCCCCCC(=O)OCC(COC(=O)CCCCCCCC)OC(=O)CCCCCCCCCC. The van der Waals surface area contributed by atoms with Crippen LogP contribution in [0.4, 0.5) is 0 Å². The molecule has 1 atom stereocenters. The second kappa shape index (κ2) is 51.0. The predicted molar refractivity (Wildman–Crippen MR) is 261 cm³/mol. The van der Waals surface area contributed by atoms with Gasteiger partial charge in [-0.1, -0.05) is 278 Å². The van der Waals surface area contributed by atoms with Gasteiger partial charge in [0.05, 0.1) is 0 Å². The highest BCUT2D eigenvalue weighted by Crippen LogP contribution is 2.18. The number of unbranched alkanes of at least 4 members (excludes halogenated alkanes) is 40. The third kappa shape index (κ3) is 49.3. The van der Waals surface area contributed by atoms with Crippen molar-refractivity contribution in [3.63, 3.8) is 0 Å². The summed E-state index contributed by atoms with van der Waals surface area (Å²) in [6.07, 6.45) is 55.9. The van der Waals surface area contributed by atoms with Crippen LogP contribution in [0.3, 0.4) is 0 Å². The van der Waals surface area contributed by atoms with E-state index in [0.29, 0.717) is 19.3 Å². The molecule has 0 aliphatic carbocycles. The Morgan fingerprint density at radius 2 is 0.443 bits per heavy atom.